The summed E-state index contributed by atoms with van der Waals surface area (Å²) in [4.78, 5) is 28.3. The normalized spacial score (nSPS) is 23.4. The van der Waals surface area contributed by atoms with Gasteiger partial charge in [-0.05, 0) is 345 Å². The van der Waals surface area contributed by atoms with Crippen molar-refractivity contribution in [1.29, 1.82) is 0 Å². The average Bonchev–Trinajstić information content (AvgIpc) is 1.40. The van der Waals surface area contributed by atoms with Gasteiger partial charge >= 0.3 is 0 Å². The minimum Gasteiger partial charge on any atom is -0.360 e. The molecule has 1 unspecified atom stereocenters. The molecule has 80 heavy (non-hydrogen) atoms. The SMILES string of the molecule is O=[N+]([O-])c1ccc(N2CC34c5c6c7c8c9c%10c(c%11c%12c3c3c5c5c%13c6c6c7c7c9c9c%14c%10c%10c%11c%11c%12c%12c3c3c5c5c%13c%13c6c6c7c9c7c9c%14c%10c%10c%11c%11c%12c3c3c5c5c%13c6c7c6c9c%10c%11c3c56)C84C2[C]2[CH][CH][CH][CH]2)c([N+](=O)[O-])c1. The van der Waals surface area contributed by atoms with Gasteiger partial charge in [0.15, 0.2) is 0 Å². The minimum atomic E-state index is -0.748. The van der Waals surface area contributed by atoms with Crippen LogP contribution >= 0.6 is 0 Å². The van der Waals surface area contributed by atoms with Crippen LogP contribution in [0.15, 0.2) is 18.2 Å². The van der Waals surface area contributed by atoms with Crippen LogP contribution < -0.4 is 4.90 Å². The summed E-state index contributed by atoms with van der Waals surface area (Å²) in [6.07, 6.45) is 9.01. The summed E-state index contributed by atoms with van der Waals surface area (Å²) in [7, 11) is 0. The molecule has 7 nitrogen and oxygen atoms in total. The van der Waals surface area contributed by atoms with Crippen molar-refractivity contribution in [2.24, 2.45) is 0 Å². The third-order valence-corrected chi connectivity index (χ3v) is 27.4. The lowest BCUT2D eigenvalue weighted by molar-refractivity contribution is -0.393. The van der Waals surface area contributed by atoms with E-state index in [1.807, 2.05) is 0 Å². The summed E-state index contributed by atoms with van der Waals surface area (Å²) >= 11 is 0. The van der Waals surface area contributed by atoms with Gasteiger partial charge in [0.05, 0.1) is 32.8 Å². The van der Waals surface area contributed by atoms with Crippen LogP contribution in [0.1, 0.15) is 22.3 Å². The monoisotopic (exact) mass is 992 g/mol. The van der Waals surface area contributed by atoms with Crippen LogP contribution in [0.2, 0.25) is 0 Å². The summed E-state index contributed by atoms with van der Waals surface area (Å²) in [6.45, 7) is 0.511. The van der Waals surface area contributed by atoms with Crippen LogP contribution in [-0.2, 0) is 10.8 Å². The first kappa shape index (κ1) is 31.6. The lowest BCUT2D eigenvalue weighted by atomic mass is 9.47. The van der Waals surface area contributed by atoms with Gasteiger partial charge < -0.3 is 4.90 Å². The summed E-state index contributed by atoms with van der Waals surface area (Å²) in [5, 5.41) is 109. The largest absolute Gasteiger partial charge is 0.360 e. The highest BCUT2D eigenvalue weighted by atomic mass is 16.6. The van der Waals surface area contributed by atoms with Crippen LogP contribution in [-0.4, -0.2) is 22.4 Å². The Morgan fingerprint density at radius 2 is 0.588 bits per heavy atom. The molecule has 1 saturated carbocycles. The third-order valence-electron chi connectivity index (χ3n) is 27.4. The zero-order chi connectivity index (χ0) is 48.8. The molecule has 35 rings (SSSR count). The fourth-order valence-corrected chi connectivity index (χ4v) is 27.1. The van der Waals surface area contributed by atoms with E-state index in [2.05, 4.69) is 30.6 Å². The molecular weight excluding hydrogens is 983 g/mol. The Bertz CT molecular complexity index is 7720. The number of nitro benzene ring substituents is 2. The van der Waals surface area contributed by atoms with Crippen molar-refractivity contribution in [3.05, 3.63) is 92.3 Å². The predicted octanol–water partition coefficient (Wildman–Crippen LogP) is 18.4. The minimum absolute atomic E-state index is 0.195. The highest BCUT2D eigenvalue weighted by Gasteiger charge is 2.77. The smallest absolute Gasteiger partial charge is 0.299 e. The van der Waals surface area contributed by atoms with E-state index in [-0.39, 0.29) is 16.3 Å². The molecule has 29 aromatic carbocycles. The van der Waals surface area contributed by atoms with Crippen molar-refractivity contribution in [1.82, 2.24) is 0 Å². The first-order chi connectivity index (χ1) is 39.5. The molecule has 0 bridgehead atoms. The molecule has 1 aliphatic heterocycles. The van der Waals surface area contributed by atoms with Gasteiger partial charge in [0.2, 0.25) is 0 Å². The van der Waals surface area contributed by atoms with Gasteiger partial charge in [0.1, 0.15) is 5.69 Å². The summed E-state index contributed by atoms with van der Waals surface area (Å²) in [5.41, 5.74) is 4.56. The van der Waals surface area contributed by atoms with Gasteiger partial charge in [-0.25, -0.2) is 0 Å². The standard InChI is InChI=1S/C73H10N3O4/c77-75(78)10-5-6-11(12(7-10)76(79)80)74-8-72-67-59-51-41-31-23-15-13-14-17-21-19(15)27-35-29(21)39-33-25(17)26-18(14)22-20-16(13)24(23)32-38-28(20)36-30(22)40-34(26)44-43(33)55-49(39)57-47(35)53(45(51)37(27)31)61(67)63(57)69-65(55)66-56(44)50(40)58-48(36)54-46(38)52(42(32)41)60(59)68(72)62(54)64(58)70(66)73(69,72)71(74)9-3-1-2-4-9/h1-7,71H,8H2. The molecule has 5 aliphatic carbocycles. The number of anilines is 1. The molecule has 0 N–H and O–H groups in total. The maximum atomic E-state index is 13.9. The lowest BCUT2D eigenvalue weighted by Gasteiger charge is -2.52. The molecule has 341 valence electrons. The fourth-order valence-electron chi connectivity index (χ4n) is 27.1. The highest BCUT2D eigenvalue weighted by Crippen LogP contribution is 2.86. The Labute approximate surface area is 436 Å². The van der Waals surface area contributed by atoms with Crippen molar-refractivity contribution in [2.45, 2.75) is 16.9 Å². The van der Waals surface area contributed by atoms with Crippen molar-refractivity contribution in [3.63, 3.8) is 0 Å². The van der Waals surface area contributed by atoms with Crippen molar-refractivity contribution in [2.75, 3.05) is 11.4 Å². The number of non-ortho nitro benzene ring substituents is 1. The average molecular weight is 993 g/mol. The second-order valence-electron chi connectivity index (χ2n) is 27.9. The number of benzene rings is 19. The Morgan fingerprint density at radius 3 is 0.838 bits per heavy atom. The maximum Gasteiger partial charge on any atom is 0.299 e. The molecule has 29 aromatic rings. The zero-order valence-corrected chi connectivity index (χ0v) is 40.3. The molecule has 2 fully saturated rings. The lowest BCUT2D eigenvalue weighted by Crippen LogP contribution is -2.56. The maximum absolute atomic E-state index is 13.9. The molecule has 6 aliphatic rings. The van der Waals surface area contributed by atoms with Crippen LogP contribution in [0.25, 0.3) is 291 Å². The molecule has 5 radical (unpaired) electrons. The molecular formula is C73H10N3O4. The van der Waals surface area contributed by atoms with E-state index >= 15 is 0 Å². The summed E-state index contributed by atoms with van der Waals surface area (Å²) in [5.74, 6) is 1.16. The van der Waals surface area contributed by atoms with Crippen molar-refractivity contribution < 1.29 is 9.85 Å². The Hall–Kier alpha value is -9.72. The number of nitrogens with zero attached hydrogens (tertiary/aromatic N) is 3. The fraction of sp³-hybridized carbons (Fsp3) is 0.0548. The van der Waals surface area contributed by atoms with E-state index in [0.29, 0.717) is 12.2 Å². The second kappa shape index (κ2) is 7.45. The van der Waals surface area contributed by atoms with E-state index in [1.54, 1.807) is 103 Å². The molecule has 1 saturated heterocycles. The Kier molecular flexibility index (Phi) is 2.94. The predicted molar refractivity (Wildman–Crippen MR) is 325 cm³/mol. The molecule has 1 atom stereocenters. The Morgan fingerprint density at radius 1 is 0.338 bits per heavy atom. The van der Waals surface area contributed by atoms with Gasteiger partial charge in [-0.2, -0.15) is 0 Å². The van der Waals surface area contributed by atoms with Crippen LogP contribution in [0, 0.1) is 51.8 Å². The van der Waals surface area contributed by atoms with Gasteiger partial charge in [-0.3, -0.25) is 20.2 Å². The first-order valence-electron chi connectivity index (χ1n) is 28.7. The van der Waals surface area contributed by atoms with E-state index in [9.17, 15) is 20.2 Å². The number of nitro groups is 2. The molecule has 7 heteroatoms. The van der Waals surface area contributed by atoms with Crippen molar-refractivity contribution in [3.8, 4) is 0 Å². The van der Waals surface area contributed by atoms with Gasteiger partial charge in [0, 0.05) is 18.5 Å². The second-order valence-corrected chi connectivity index (χ2v) is 27.9. The van der Waals surface area contributed by atoms with E-state index in [0.717, 1.165) is 5.92 Å². The van der Waals surface area contributed by atoms with Gasteiger partial charge in [-0.1, -0.05) is 0 Å². The van der Waals surface area contributed by atoms with E-state index in [4.69, 9.17) is 0 Å². The molecule has 1 heterocycles. The van der Waals surface area contributed by atoms with Gasteiger partial charge in [-0.15, -0.1) is 0 Å². The molecule has 0 aromatic heterocycles. The van der Waals surface area contributed by atoms with Crippen LogP contribution in [0.5, 0.6) is 0 Å². The number of rotatable bonds is 4. The molecule has 0 amide bonds. The quantitative estimate of drug-likeness (QED) is 0.0995. The Balaban J connectivity index is 1.04. The zero-order valence-electron chi connectivity index (χ0n) is 40.3. The highest BCUT2D eigenvalue weighted by molar-refractivity contribution is 6.82. The number of hydrogen-bond acceptors (Lipinski definition) is 5. The van der Waals surface area contributed by atoms with Crippen LogP contribution in [0.3, 0.4) is 0 Å². The molecule has 2 spiro atoms. The van der Waals surface area contributed by atoms with Crippen molar-refractivity contribution >= 4 is 308 Å². The van der Waals surface area contributed by atoms with Crippen LogP contribution in [0.4, 0.5) is 17.1 Å². The third kappa shape index (κ3) is 1.80. The summed E-state index contributed by atoms with van der Waals surface area (Å²) < 4.78 is 0. The van der Waals surface area contributed by atoms with E-state index < -0.39 is 21.8 Å². The number of hydrogen-bond donors (Lipinski definition) is 0. The van der Waals surface area contributed by atoms with Gasteiger partial charge in [0.25, 0.3) is 11.4 Å². The van der Waals surface area contributed by atoms with E-state index in [1.165, 1.54) is 228 Å². The first-order valence-corrected chi connectivity index (χ1v) is 28.7. The topological polar surface area (TPSA) is 89.5 Å². The summed E-state index contributed by atoms with van der Waals surface area (Å²) in [6, 6.07) is 4.15.